The van der Waals surface area contributed by atoms with E-state index in [9.17, 15) is 4.79 Å². The number of carbonyl (C=O) groups is 1. The van der Waals surface area contributed by atoms with Crippen molar-refractivity contribution in [3.05, 3.63) is 54.2 Å². The number of carbonyl (C=O) groups excluding carboxylic acids is 1. The van der Waals surface area contributed by atoms with Crippen LogP contribution in [-0.4, -0.2) is 42.0 Å². The number of pyridine rings is 1. The van der Waals surface area contributed by atoms with Crippen LogP contribution in [0, 0.1) is 0 Å². The third-order valence-corrected chi connectivity index (χ3v) is 4.18. The summed E-state index contributed by atoms with van der Waals surface area (Å²) < 4.78 is 5.91. The summed E-state index contributed by atoms with van der Waals surface area (Å²) in [6.07, 6.45) is 4.27. The van der Waals surface area contributed by atoms with Crippen LogP contribution in [0.5, 0.6) is 5.88 Å². The lowest BCUT2D eigenvalue weighted by molar-refractivity contribution is -0.115. The van der Waals surface area contributed by atoms with Crippen molar-refractivity contribution in [1.29, 1.82) is 0 Å². The van der Waals surface area contributed by atoms with Crippen LogP contribution < -0.4 is 10.1 Å². The molecule has 0 saturated carbocycles. The molecular weight excluding hydrogens is 302 g/mol. The Balaban J connectivity index is 1.50. The summed E-state index contributed by atoms with van der Waals surface area (Å²) >= 11 is 0. The number of hydrogen-bond donors (Lipinski definition) is 1. The Morgan fingerprint density at radius 3 is 2.62 bits per heavy atom. The Morgan fingerprint density at radius 1 is 1.21 bits per heavy atom. The molecule has 126 valence electrons. The van der Waals surface area contributed by atoms with E-state index < -0.39 is 0 Å². The number of hydrogen-bond acceptors (Lipinski definition) is 4. The third kappa shape index (κ3) is 4.80. The normalized spacial score (nSPS) is 15.9. The fourth-order valence-electron chi connectivity index (χ4n) is 2.78. The van der Waals surface area contributed by atoms with Crippen LogP contribution in [0.4, 0.5) is 5.69 Å². The number of aromatic nitrogens is 1. The molecule has 0 atom stereocenters. The van der Waals surface area contributed by atoms with Gasteiger partial charge in [0.2, 0.25) is 11.8 Å². The number of benzene rings is 1. The fraction of sp³-hybridized carbons (Fsp3) is 0.368. The van der Waals surface area contributed by atoms with Gasteiger partial charge in [-0.1, -0.05) is 30.3 Å². The van der Waals surface area contributed by atoms with Gasteiger partial charge in [-0.2, -0.15) is 0 Å². The zero-order valence-electron chi connectivity index (χ0n) is 13.9. The average molecular weight is 325 g/mol. The first-order chi connectivity index (χ1) is 11.7. The summed E-state index contributed by atoms with van der Waals surface area (Å²) in [7, 11) is 2.13. The molecule has 1 N–H and O–H groups in total. The van der Waals surface area contributed by atoms with Crippen LogP contribution in [0.3, 0.4) is 0 Å². The molecule has 1 fully saturated rings. The largest absolute Gasteiger partial charge is 0.474 e. The number of nitrogens with zero attached hydrogens (tertiary/aromatic N) is 2. The summed E-state index contributed by atoms with van der Waals surface area (Å²) in [5, 5.41) is 2.86. The van der Waals surface area contributed by atoms with Gasteiger partial charge in [-0.05, 0) is 31.5 Å². The zero-order valence-corrected chi connectivity index (χ0v) is 13.9. The highest BCUT2D eigenvalue weighted by Gasteiger charge is 2.18. The quantitative estimate of drug-likeness (QED) is 0.918. The van der Waals surface area contributed by atoms with E-state index in [1.807, 2.05) is 42.5 Å². The highest BCUT2D eigenvalue weighted by Crippen LogP contribution is 2.18. The van der Waals surface area contributed by atoms with Crippen molar-refractivity contribution in [1.82, 2.24) is 9.88 Å². The lowest BCUT2D eigenvalue weighted by atomic mass is 10.1. The number of rotatable bonds is 5. The maximum atomic E-state index is 12.0. The van der Waals surface area contributed by atoms with Crippen molar-refractivity contribution in [3.8, 4) is 5.88 Å². The minimum absolute atomic E-state index is 0.0491. The van der Waals surface area contributed by atoms with Gasteiger partial charge in [-0.15, -0.1) is 0 Å². The summed E-state index contributed by atoms with van der Waals surface area (Å²) in [5.74, 6) is 0.567. The van der Waals surface area contributed by atoms with E-state index in [-0.39, 0.29) is 12.0 Å². The van der Waals surface area contributed by atoms with E-state index in [2.05, 4.69) is 22.2 Å². The summed E-state index contributed by atoms with van der Waals surface area (Å²) in [5.41, 5.74) is 1.68. The molecule has 2 aromatic rings. The van der Waals surface area contributed by atoms with Crippen LogP contribution in [0.15, 0.2) is 48.7 Å². The zero-order chi connectivity index (χ0) is 16.8. The molecule has 24 heavy (non-hydrogen) atoms. The first kappa shape index (κ1) is 16.5. The summed E-state index contributed by atoms with van der Waals surface area (Å²) in [6.45, 7) is 2.11. The van der Waals surface area contributed by atoms with Crippen molar-refractivity contribution in [2.75, 3.05) is 25.5 Å². The minimum Gasteiger partial charge on any atom is -0.474 e. The summed E-state index contributed by atoms with van der Waals surface area (Å²) in [4.78, 5) is 18.6. The topological polar surface area (TPSA) is 54.5 Å². The second-order valence-electron chi connectivity index (χ2n) is 6.22. The van der Waals surface area contributed by atoms with Crippen LogP contribution >= 0.6 is 0 Å². The molecule has 5 nitrogen and oxygen atoms in total. The predicted molar refractivity (Wildman–Crippen MR) is 94.2 cm³/mol. The monoisotopic (exact) mass is 325 g/mol. The number of anilines is 1. The van der Waals surface area contributed by atoms with E-state index in [1.54, 1.807) is 6.20 Å². The molecule has 0 unspecified atom stereocenters. The Hall–Kier alpha value is -2.40. The molecule has 0 radical (unpaired) electrons. The Labute approximate surface area is 142 Å². The number of amides is 1. The number of ether oxygens (including phenoxy) is 1. The molecule has 1 aromatic heterocycles. The van der Waals surface area contributed by atoms with Gasteiger partial charge in [-0.3, -0.25) is 4.79 Å². The van der Waals surface area contributed by atoms with E-state index in [1.165, 1.54) is 0 Å². The number of likely N-dealkylation sites (tertiary alicyclic amines) is 1. The molecule has 1 amide bonds. The third-order valence-electron chi connectivity index (χ3n) is 4.18. The number of nitrogens with one attached hydrogen (secondary N) is 1. The molecule has 0 bridgehead atoms. The van der Waals surface area contributed by atoms with Crippen LogP contribution in [0.1, 0.15) is 18.4 Å². The van der Waals surface area contributed by atoms with E-state index in [0.29, 0.717) is 18.0 Å². The van der Waals surface area contributed by atoms with Crippen molar-refractivity contribution in [2.24, 2.45) is 0 Å². The Kier molecular flexibility index (Phi) is 5.43. The second kappa shape index (κ2) is 7.93. The van der Waals surface area contributed by atoms with Crippen molar-refractivity contribution in [2.45, 2.75) is 25.4 Å². The molecule has 0 spiro atoms. The van der Waals surface area contributed by atoms with Gasteiger partial charge in [0.15, 0.2) is 0 Å². The lowest BCUT2D eigenvalue weighted by Crippen LogP contribution is -2.35. The average Bonchev–Trinajstić information content (AvgIpc) is 2.59. The van der Waals surface area contributed by atoms with Gasteiger partial charge in [0.25, 0.3) is 0 Å². The standard InChI is InChI=1S/C19H23N3O2/c1-22-11-9-17(10-12-22)24-19-8-7-16(14-20-19)21-18(23)13-15-5-3-2-4-6-15/h2-8,14,17H,9-13H2,1H3,(H,21,23). The van der Waals surface area contributed by atoms with Gasteiger partial charge in [0.05, 0.1) is 18.3 Å². The molecule has 1 aliphatic heterocycles. The molecule has 0 aliphatic carbocycles. The van der Waals surface area contributed by atoms with Crippen LogP contribution in [0.25, 0.3) is 0 Å². The van der Waals surface area contributed by atoms with E-state index in [0.717, 1.165) is 31.5 Å². The lowest BCUT2D eigenvalue weighted by Gasteiger charge is -2.28. The molecule has 5 heteroatoms. The van der Waals surface area contributed by atoms with E-state index in [4.69, 9.17) is 4.74 Å². The molecule has 3 rings (SSSR count). The van der Waals surface area contributed by atoms with Gasteiger partial charge >= 0.3 is 0 Å². The predicted octanol–water partition coefficient (Wildman–Crippen LogP) is 2.74. The smallest absolute Gasteiger partial charge is 0.228 e. The van der Waals surface area contributed by atoms with Crippen LogP contribution in [0.2, 0.25) is 0 Å². The number of piperidine rings is 1. The van der Waals surface area contributed by atoms with Gasteiger partial charge in [0, 0.05) is 19.2 Å². The highest BCUT2D eigenvalue weighted by atomic mass is 16.5. The highest BCUT2D eigenvalue weighted by molar-refractivity contribution is 5.92. The molecule has 1 saturated heterocycles. The summed E-state index contributed by atoms with van der Waals surface area (Å²) in [6, 6.07) is 13.3. The Bertz CT molecular complexity index is 650. The molecule has 2 heterocycles. The van der Waals surface area contributed by atoms with Gasteiger partial charge in [0.1, 0.15) is 6.10 Å². The fourth-order valence-corrected chi connectivity index (χ4v) is 2.78. The van der Waals surface area contributed by atoms with Crippen molar-refractivity contribution >= 4 is 11.6 Å². The van der Waals surface area contributed by atoms with Gasteiger partial charge < -0.3 is 15.0 Å². The maximum absolute atomic E-state index is 12.0. The molecular formula is C19H23N3O2. The minimum atomic E-state index is -0.0491. The van der Waals surface area contributed by atoms with Crippen molar-refractivity contribution in [3.63, 3.8) is 0 Å². The molecule has 1 aliphatic rings. The second-order valence-corrected chi connectivity index (χ2v) is 6.22. The van der Waals surface area contributed by atoms with Crippen molar-refractivity contribution < 1.29 is 9.53 Å². The SMILES string of the molecule is CN1CCC(Oc2ccc(NC(=O)Cc3ccccc3)cn2)CC1. The Morgan fingerprint density at radius 2 is 1.96 bits per heavy atom. The molecule has 1 aromatic carbocycles. The van der Waals surface area contributed by atoms with Gasteiger partial charge in [-0.25, -0.2) is 4.98 Å². The first-order valence-electron chi connectivity index (χ1n) is 8.34. The van der Waals surface area contributed by atoms with Crippen LogP contribution in [-0.2, 0) is 11.2 Å². The maximum Gasteiger partial charge on any atom is 0.228 e. The van der Waals surface area contributed by atoms with E-state index >= 15 is 0 Å². The first-order valence-corrected chi connectivity index (χ1v) is 8.34.